The van der Waals surface area contributed by atoms with Crippen LogP contribution in [0.1, 0.15) is 24.0 Å². The third-order valence-electron chi connectivity index (χ3n) is 5.11. The van der Waals surface area contributed by atoms with Crippen molar-refractivity contribution in [3.63, 3.8) is 0 Å². The summed E-state index contributed by atoms with van der Waals surface area (Å²) in [6, 6.07) is 13.1. The number of nitrogens with zero attached hydrogens (tertiary/aromatic N) is 1. The molecule has 8 heteroatoms. The molecule has 2 aromatic carbocycles. The van der Waals surface area contributed by atoms with Crippen LogP contribution in [0.25, 0.3) is 6.08 Å². The van der Waals surface area contributed by atoms with Crippen molar-refractivity contribution in [2.75, 3.05) is 20.3 Å². The Labute approximate surface area is 196 Å². The standard InChI is InChI=1S/C23H22ClNO4S2/c1-27-20-11-15(8-9-19(20)29-14-16-5-2-3-7-18(16)24)12-21-22(26)25(23(30)31-21)13-17-6-4-10-28-17/h2-3,5,7-9,11-12,17H,4,6,10,13-14H2,1H3. The number of hydrogen-bond acceptors (Lipinski definition) is 6. The molecule has 0 bridgehead atoms. The predicted octanol–water partition coefficient (Wildman–Crippen LogP) is 5.31. The fourth-order valence-corrected chi connectivity index (χ4v) is 4.93. The molecule has 0 aromatic heterocycles. The van der Waals surface area contributed by atoms with Crippen LogP contribution >= 0.6 is 35.6 Å². The second-order valence-corrected chi connectivity index (χ2v) is 9.30. The lowest BCUT2D eigenvalue weighted by Crippen LogP contribution is -2.35. The third kappa shape index (κ3) is 5.23. The Morgan fingerprint density at radius 1 is 1.29 bits per heavy atom. The molecular weight excluding hydrogens is 454 g/mol. The second-order valence-electron chi connectivity index (χ2n) is 7.22. The van der Waals surface area contributed by atoms with Crippen molar-refractivity contribution in [1.82, 2.24) is 4.90 Å². The van der Waals surface area contributed by atoms with Gasteiger partial charge in [0.25, 0.3) is 5.91 Å². The van der Waals surface area contributed by atoms with E-state index < -0.39 is 0 Å². The van der Waals surface area contributed by atoms with E-state index in [9.17, 15) is 4.79 Å². The van der Waals surface area contributed by atoms with Crippen LogP contribution in [0.4, 0.5) is 0 Å². The highest BCUT2D eigenvalue weighted by molar-refractivity contribution is 8.26. The fraction of sp³-hybridized carbons (Fsp3) is 0.304. The molecule has 31 heavy (non-hydrogen) atoms. The molecule has 0 aliphatic carbocycles. The molecule has 1 atom stereocenters. The Morgan fingerprint density at radius 2 is 2.13 bits per heavy atom. The number of rotatable bonds is 7. The van der Waals surface area contributed by atoms with Crippen molar-refractivity contribution in [2.45, 2.75) is 25.6 Å². The van der Waals surface area contributed by atoms with Gasteiger partial charge in [0.1, 0.15) is 10.9 Å². The van der Waals surface area contributed by atoms with Crippen molar-refractivity contribution in [3.05, 3.63) is 63.5 Å². The Hall–Kier alpha value is -2.06. The normalized spacial score (nSPS) is 20.0. The Morgan fingerprint density at radius 3 is 2.87 bits per heavy atom. The molecule has 2 fully saturated rings. The molecule has 2 saturated heterocycles. The van der Waals surface area contributed by atoms with E-state index >= 15 is 0 Å². The van der Waals surface area contributed by atoms with Gasteiger partial charge in [0.15, 0.2) is 11.5 Å². The van der Waals surface area contributed by atoms with Crippen LogP contribution < -0.4 is 9.47 Å². The zero-order valence-corrected chi connectivity index (χ0v) is 19.4. The molecule has 0 saturated carbocycles. The van der Waals surface area contributed by atoms with Gasteiger partial charge < -0.3 is 14.2 Å². The third-order valence-corrected chi connectivity index (χ3v) is 6.86. The first kappa shape index (κ1) is 22.1. The molecule has 2 aromatic rings. The summed E-state index contributed by atoms with van der Waals surface area (Å²) in [7, 11) is 1.59. The van der Waals surface area contributed by atoms with Gasteiger partial charge in [0.2, 0.25) is 0 Å². The summed E-state index contributed by atoms with van der Waals surface area (Å²) in [5.41, 5.74) is 1.73. The summed E-state index contributed by atoms with van der Waals surface area (Å²) in [5, 5.41) is 0.656. The number of thiocarbonyl (C=S) groups is 1. The van der Waals surface area contributed by atoms with Crippen molar-refractivity contribution in [2.24, 2.45) is 0 Å². The van der Waals surface area contributed by atoms with Crippen LogP contribution in [0.15, 0.2) is 47.4 Å². The molecule has 2 aliphatic rings. The largest absolute Gasteiger partial charge is 0.493 e. The molecule has 1 unspecified atom stereocenters. The zero-order valence-electron chi connectivity index (χ0n) is 17.0. The number of ether oxygens (including phenoxy) is 3. The maximum absolute atomic E-state index is 12.8. The van der Waals surface area contributed by atoms with Crippen LogP contribution in [0, 0.1) is 0 Å². The van der Waals surface area contributed by atoms with Gasteiger partial charge in [-0.2, -0.15) is 0 Å². The molecule has 4 rings (SSSR count). The minimum atomic E-state index is -0.0801. The van der Waals surface area contributed by atoms with E-state index in [0.29, 0.717) is 38.9 Å². The smallest absolute Gasteiger partial charge is 0.266 e. The summed E-state index contributed by atoms with van der Waals surface area (Å²) >= 11 is 12.9. The van der Waals surface area contributed by atoms with Gasteiger partial charge in [0.05, 0.1) is 24.7 Å². The number of carbonyl (C=O) groups is 1. The van der Waals surface area contributed by atoms with Crippen molar-refractivity contribution >= 4 is 51.9 Å². The summed E-state index contributed by atoms with van der Waals surface area (Å²) < 4.78 is 17.6. The fourth-order valence-electron chi connectivity index (χ4n) is 3.46. The lowest BCUT2D eigenvalue weighted by molar-refractivity contribution is -0.123. The Balaban J connectivity index is 1.47. The highest BCUT2D eigenvalue weighted by atomic mass is 35.5. The number of halogens is 1. The molecule has 2 heterocycles. The number of hydrogen-bond donors (Lipinski definition) is 0. The monoisotopic (exact) mass is 475 g/mol. The van der Waals surface area contributed by atoms with Gasteiger partial charge in [-0.05, 0) is 42.7 Å². The van der Waals surface area contributed by atoms with Crippen LogP contribution in [-0.2, 0) is 16.1 Å². The Bertz CT molecular complexity index is 1020. The lowest BCUT2D eigenvalue weighted by atomic mass is 10.1. The summed E-state index contributed by atoms with van der Waals surface area (Å²) in [6.07, 6.45) is 3.88. The van der Waals surface area contributed by atoms with Gasteiger partial charge in [-0.1, -0.05) is 59.8 Å². The summed E-state index contributed by atoms with van der Waals surface area (Å²) in [6.45, 7) is 1.59. The number of amides is 1. The average molecular weight is 476 g/mol. The van der Waals surface area contributed by atoms with Crippen molar-refractivity contribution < 1.29 is 19.0 Å². The maximum atomic E-state index is 12.8. The molecule has 1 amide bonds. The number of methoxy groups -OCH3 is 1. The van der Waals surface area contributed by atoms with Crippen molar-refractivity contribution in [1.29, 1.82) is 0 Å². The number of thioether (sulfide) groups is 1. The Kier molecular flexibility index (Phi) is 7.17. The maximum Gasteiger partial charge on any atom is 0.266 e. The van der Waals surface area contributed by atoms with E-state index in [-0.39, 0.29) is 12.0 Å². The minimum Gasteiger partial charge on any atom is -0.493 e. The van der Waals surface area contributed by atoms with Crippen LogP contribution in [0.5, 0.6) is 11.5 Å². The summed E-state index contributed by atoms with van der Waals surface area (Å²) in [4.78, 5) is 15.1. The predicted molar refractivity (Wildman–Crippen MR) is 128 cm³/mol. The molecule has 2 aliphatic heterocycles. The molecule has 0 N–H and O–H groups in total. The SMILES string of the molecule is COc1cc(C=C2SC(=S)N(CC3CCCO3)C2=O)ccc1OCc1ccccc1Cl. The first-order valence-electron chi connectivity index (χ1n) is 9.96. The van der Waals surface area contributed by atoms with Gasteiger partial charge in [0, 0.05) is 17.2 Å². The first-order valence-corrected chi connectivity index (χ1v) is 11.6. The van der Waals surface area contributed by atoms with E-state index in [1.165, 1.54) is 11.8 Å². The van der Waals surface area contributed by atoms with Gasteiger partial charge in [-0.3, -0.25) is 9.69 Å². The van der Waals surface area contributed by atoms with Gasteiger partial charge in [-0.25, -0.2) is 0 Å². The minimum absolute atomic E-state index is 0.0662. The quantitative estimate of drug-likeness (QED) is 0.399. The van der Waals surface area contributed by atoms with E-state index in [0.717, 1.165) is 30.6 Å². The molecule has 5 nitrogen and oxygen atoms in total. The molecule has 0 radical (unpaired) electrons. The van der Waals surface area contributed by atoms with Crippen molar-refractivity contribution in [3.8, 4) is 11.5 Å². The highest BCUT2D eigenvalue weighted by Gasteiger charge is 2.34. The summed E-state index contributed by atoms with van der Waals surface area (Å²) in [5.74, 6) is 1.10. The number of carbonyl (C=O) groups excluding carboxylic acids is 1. The van der Waals surface area contributed by atoms with Crippen LogP contribution in [0.2, 0.25) is 5.02 Å². The van der Waals surface area contributed by atoms with Crippen LogP contribution in [-0.4, -0.2) is 41.5 Å². The molecule has 162 valence electrons. The molecular formula is C23H22ClNO4S2. The topological polar surface area (TPSA) is 48.0 Å². The van der Waals surface area contributed by atoms with Gasteiger partial charge >= 0.3 is 0 Å². The highest BCUT2D eigenvalue weighted by Crippen LogP contribution is 2.35. The van der Waals surface area contributed by atoms with Gasteiger partial charge in [-0.15, -0.1) is 0 Å². The lowest BCUT2D eigenvalue weighted by Gasteiger charge is -2.18. The second kappa shape index (κ2) is 10.0. The average Bonchev–Trinajstić information content (AvgIpc) is 3.38. The van der Waals surface area contributed by atoms with Crippen LogP contribution in [0.3, 0.4) is 0 Å². The first-order chi connectivity index (χ1) is 15.0. The zero-order chi connectivity index (χ0) is 21.8. The van der Waals surface area contributed by atoms with E-state index in [1.807, 2.05) is 48.5 Å². The van der Waals surface area contributed by atoms with E-state index in [4.69, 9.17) is 38.0 Å². The number of benzene rings is 2. The van der Waals surface area contributed by atoms with E-state index in [2.05, 4.69) is 0 Å². The molecule has 0 spiro atoms. The van der Waals surface area contributed by atoms with E-state index in [1.54, 1.807) is 12.0 Å².